The largest absolute Gasteiger partial charge is 0.493 e. The molecule has 2 aromatic carbocycles. The molecule has 0 fully saturated rings. The van der Waals surface area contributed by atoms with Crippen LogP contribution in [0.25, 0.3) is 16.8 Å². The Kier molecular flexibility index (Phi) is 5.62. The molecule has 0 aliphatic heterocycles. The molecule has 4 aromatic rings. The molecule has 0 aliphatic rings. The molecule has 0 saturated carbocycles. The van der Waals surface area contributed by atoms with Gasteiger partial charge in [-0.15, -0.1) is 0 Å². The Morgan fingerprint density at radius 1 is 1.15 bits per heavy atom. The van der Waals surface area contributed by atoms with Crippen molar-refractivity contribution >= 4 is 28.8 Å². The quantitative estimate of drug-likeness (QED) is 0.437. The minimum absolute atomic E-state index is 0.0665. The number of carbonyl (C=O) groups is 1. The summed E-state index contributed by atoms with van der Waals surface area (Å²) in [4.78, 5) is 28.8. The van der Waals surface area contributed by atoms with Crippen LogP contribution in [0.3, 0.4) is 0 Å². The maximum absolute atomic E-state index is 13.8. The zero-order chi connectivity index (χ0) is 23.9. The van der Waals surface area contributed by atoms with E-state index in [1.165, 1.54) is 32.2 Å². The molecule has 0 radical (unpaired) electrons. The number of halogens is 4. The van der Waals surface area contributed by atoms with Crippen LogP contribution in [-0.2, 0) is 6.18 Å². The molecule has 0 spiro atoms. The van der Waals surface area contributed by atoms with Gasteiger partial charge >= 0.3 is 6.18 Å². The zero-order valence-electron chi connectivity index (χ0n) is 17.2. The Hall–Kier alpha value is -3.79. The summed E-state index contributed by atoms with van der Waals surface area (Å²) in [5.74, 6) is -0.686. The van der Waals surface area contributed by atoms with Crippen molar-refractivity contribution in [3.8, 4) is 16.9 Å². The standard InChI is InChI=1S/C22H16ClF3N4O3/c1-11-15(20(31)28-14-10-6-9-13(23)17(14)33-2)21(32)30-19(27-11)16(12-7-4-3-5-8-12)18(29-30)22(24,25)26/h3-10,27H,1-2H3,(H,28,31). The van der Waals surface area contributed by atoms with Crippen LogP contribution in [0.5, 0.6) is 5.75 Å². The number of alkyl halides is 3. The van der Waals surface area contributed by atoms with E-state index in [2.05, 4.69) is 15.4 Å². The number of nitrogens with one attached hydrogen (secondary N) is 2. The van der Waals surface area contributed by atoms with Crippen LogP contribution in [0.15, 0.2) is 53.3 Å². The Labute approximate surface area is 189 Å². The Morgan fingerprint density at radius 2 is 1.85 bits per heavy atom. The second-order valence-electron chi connectivity index (χ2n) is 7.05. The van der Waals surface area contributed by atoms with Crippen LogP contribution in [0.4, 0.5) is 18.9 Å². The van der Waals surface area contributed by atoms with Gasteiger partial charge in [0, 0.05) is 5.69 Å². The zero-order valence-corrected chi connectivity index (χ0v) is 18.0. The number of hydrogen-bond acceptors (Lipinski definition) is 4. The predicted molar refractivity (Wildman–Crippen MR) is 117 cm³/mol. The van der Waals surface area contributed by atoms with Crippen molar-refractivity contribution in [2.45, 2.75) is 13.1 Å². The number of ether oxygens (including phenoxy) is 1. The molecule has 0 saturated heterocycles. The number of aromatic amines is 1. The Morgan fingerprint density at radius 3 is 2.48 bits per heavy atom. The number of anilines is 1. The first kappa shape index (κ1) is 22.4. The van der Waals surface area contributed by atoms with Crippen LogP contribution >= 0.6 is 11.6 Å². The number of amides is 1. The van der Waals surface area contributed by atoms with E-state index < -0.39 is 28.9 Å². The van der Waals surface area contributed by atoms with Crippen molar-refractivity contribution in [1.82, 2.24) is 14.6 Å². The Bertz CT molecular complexity index is 1430. The number of rotatable bonds is 4. The first-order valence-corrected chi connectivity index (χ1v) is 9.93. The molecule has 2 heterocycles. The van der Waals surface area contributed by atoms with Gasteiger partial charge in [-0.3, -0.25) is 9.59 Å². The fourth-order valence-electron chi connectivity index (χ4n) is 3.53. The molecule has 7 nitrogen and oxygen atoms in total. The lowest BCUT2D eigenvalue weighted by Gasteiger charge is -2.12. The summed E-state index contributed by atoms with van der Waals surface area (Å²) in [6.45, 7) is 1.42. The lowest BCUT2D eigenvalue weighted by atomic mass is 10.1. The molecule has 0 bridgehead atoms. The van der Waals surface area contributed by atoms with Crippen LogP contribution in [0, 0.1) is 6.92 Å². The van der Waals surface area contributed by atoms with E-state index in [0.717, 1.165) is 0 Å². The van der Waals surface area contributed by atoms with E-state index in [4.69, 9.17) is 16.3 Å². The van der Waals surface area contributed by atoms with Crippen molar-refractivity contribution in [3.05, 3.63) is 80.9 Å². The molecule has 0 atom stereocenters. The molecule has 33 heavy (non-hydrogen) atoms. The molecule has 11 heteroatoms. The number of benzene rings is 2. The smallest absolute Gasteiger partial charge is 0.435 e. The van der Waals surface area contributed by atoms with Crippen LogP contribution in [0.2, 0.25) is 5.02 Å². The van der Waals surface area contributed by atoms with Crippen molar-refractivity contribution in [2.24, 2.45) is 0 Å². The number of aryl methyl sites for hydroxylation is 1. The summed E-state index contributed by atoms with van der Waals surface area (Å²) < 4.78 is 47.1. The third-order valence-corrected chi connectivity index (χ3v) is 5.25. The second kappa shape index (κ2) is 8.28. The molecule has 0 unspecified atom stereocenters. The van der Waals surface area contributed by atoms with Gasteiger partial charge in [-0.25, -0.2) is 0 Å². The lowest BCUT2D eigenvalue weighted by Crippen LogP contribution is -2.29. The summed E-state index contributed by atoms with van der Waals surface area (Å²) in [6.07, 6.45) is -4.83. The molecule has 4 rings (SSSR count). The van der Waals surface area contributed by atoms with E-state index in [0.29, 0.717) is 4.52 Å². The number of methoxy groups -OCH3 is 1. The molecule has 0 aliphatic carbocycles. The summed E-state index contributed by atoms with van der Waals surface area (Å²) in [6, 6.07) is 12.4. The second-order valence-corrected chi connectivity index (χ2v) is 7.46. The van der Waals surface area contributed by atoms with Gasteiger partial charge in [0.2, 0.25) is 0 Å². The van der Waals surface area contributed by atoms with Crippen molar-refractivity contribution in [2.75, 3.05) is 12.4 Å². The first-order chi connectivity index (χ1) is 15.6. The maximum Gasteiger partial charge on any atom is 0.435 e. The molecule has 2 aromatic heterocycles. The number of carbonyl (C=O) groups excluding carboxylic acids is 1. The number of nitrogens with zero attached hydrogens (tertiary/aromatic N) is 2. The number of hydrogen-bond donors (Lipinski definition) is 2. The van der Waals surface area contributed by atoms with Gasteiger partial charge < -0.3 is 15.0 Å². The van der Waals surface area contributed by atoms with Gasteiger partial charge in [-0.1, -0.05) is 48.0 Å². The molecular formula is C22H16ClF3N4O3. The fraction of sp³-hybridized carbons (Fsp3) is 0.136. The average Bonchev–Trinajstić information content (AvgIpc) is 3.15. The van der Waals surface area contributed by atoms with Gasteiger partial charge in [0.05, 0.1) is 23.4 Å². The maximum atomic E-state index is 13.8. The van der Waals surface area contributed by atoms with E-state index in [-0.39, 0.29) is 38.9 Å². The van der Waals surface area contributed by atoms with E-state index in [1.807, 2.05) is 0 Å². The molecule has 170 valence electrons. The minimum atomic E-state index is -4.83. The monoisotopic (exact) mass is 476 g/mol. The van der Waals surface area contributed by atoms with Gasteiger partial charge in [0.15, 0.2) is 11.4 Å². The van der Waals surface area contributed by atoms with Crippen molar-refractivity contribution in [1.29, 1.82) is 0 Å². The van der Waals surface area contributed by atoms with Gasteiger partial charge in [0.25, 0.3) is 11.5 Å². The van der Waals surface area contributed by atoms with Crippen LogP contribution in [0.1, 0.15) is 21.7 Å². The van der Waals surface area contributed by atoms with E-state index >= 15 is 0 Å². The highest BCUT2D eigenvalue weighted by atomic mass is 35.5. The minimum Gasteiger partial charge on any atom is -0.493 e. The summed E-state index contributed by atoms with van der Waals surface area (Å²) in [5, 5.41) is 6.27. The van der Waals surface area contributed by atoms with Gasteiger partial charge in [-0.05, 0) is 24.6 Å². The lowest BCUT2D eigenvalue weighted by molar-refractivity contribution is -0.140. The average molecular weight is 477 g/mol. The highest BCUT2D eigenvalue weighted by molar-refractivity contribution is 6.32. The van der Waals surface area contributed by atoms with Gasteiger partial charge in [-0.2, -0.15) is 22.8 Å². The molecule has 1 amide bonds. The third-order valence-electron chi connectivity index (χ3n) is 4.95. The Balaban J connectivity index is 1.90. The van der Waals surface area contributed by atoms with Crippen molar-refractivity contribution < 1.29 is 22.7 Å². The van der Waals surface area contributed by atoms with Crippen LogP contribution in [-0.4, -0.2) is 27.6 Å². The molecule has 2 N–H and O–H groups in total. The summed E-state index contributed by atoms with van der Waals surface area (Å²) in [5.41, 5.74) is -2.63. The number of para-hydroxylation sites is 1. The SMILES string of the molecule is COc1c(Cl)cccc1NC(=O)c1c(C)[nH]c2c(-c3ccccc3)c(C(F)(F)F)nn2c1=O. The normalized spacial score (nSPS) is 11.6. The number of H-pyrrole nitrogens is 1. The number of fused-ring (bicyclic) bond motifs is 1. The van der Waals surface area contributed by atoms with Crippen molar-refractivity contribution in [3.63, 3.8) is 0 Å². The van der Waals surface area contributed by atoms with Gasteiger partial charge in [0.1, 0.15) is 11.2 Å². The fourth-order valence-corrected chi connectivity index (χ4v) is 3.78. The highest BCUT2D eigenvalue weighted by Crippen LogP contribution is 2.38. The molecular weight excluding hydrogens is 461 g/mol. The van der Waals surface area contributed by atoms with E-state index in [1.54, 1.807) is 30.3 Å². The topological polar surface area (TPSA) is 88.5 Å². The van der Waals surface area contributed by atoms with Crippen LogP contribution < -0.4 is 15.6 Å². The highest BCUT2D eigenvalue weighted by Gasteiger charge is 2.39. The van der Waals surface area contributed by atoms with E-state index in [9.17, 15) is 22.8 Å². The number of aromatic nitrogens is 3. The first-order valence-electron chi connectivity index (χ1n) is 9.55. The summed E-state index contributed by atoms with van der Waals surface area (Å²) >= 11 is 6.06. The third kappa shape index (κ3) is 3.93. The summed E-state index contributed by atoms with van der Waals surface area (Å²) in [7, 11) is 1.36. The predicted octanol–water partition coefficient (Wildman–Crippen LogP) is 4.93.